The van der Waals surface area contributed by atoms with Crippen LogP contribution in [0.1, 0.15) is 18.1 Å². The van der Waals surface area contributed by atoms with E-state index in [4.69, 9.17) is 0 Å². The van der Waals surface area contributed by atoms with Gasteiger partial charge in [-0.15, -0.1) is 0 Å². The summed E-state index contributed by atoms with van der Waals surface area (Å²) in [7, 11) is 0. The molecule has 0 aliphatic heterocycles. The van der Waals surface area contributed by atoms with Crippen LogP contribution >= 0.6 is 0 Å². The first kappa shape index (κ1) is 13.6. The number of benzene rings is 2. The van der Waals surface area contributed by atoms with Crippen LogP contribution in [0, 0.1) is 0 Å². The highest BCUT2D eigenvalue weighted by Crippen LogP contribution is 2.19. The standard InChI is InChI=1S/C16H19NO2/c18-12-15(17-14-9-5-2-6-10-14)11-16(19)13-7-3-1-4-8-13/h1-10,15-19H,11-12H2/t15-,16+/m1/s1. The molecule has 100 valence electrons. The normalized spacial score (nSPS) is 13.8. The average Bonchev–Trinajstić information content (AvgIpc) is 2.48. The molecule has 0 unspecified atom stereocenters. The summed E-state index contributed by atoms with van der Waals surface area (Å²) < 4.78 is 0. The van der Waals surface area contributed by atoms with Crippen molar-refractivity contribution in [2.75, 3.05) is 11.9 Å². The molecule has 2 aromatic rings. The number of nitrogens with one attached hydrogen (secondary N) is 1. The first-order valence-electron chi connectivity index (χ1n) is 6.45. The van der Waals surface area contributed by atoms with E-state index in [2.05, 4.69) is 5.32 Å². The molecule has 0 aliphatic rings. The van der Waals surface area contributed by atoms with E-state index in [9.17, 15) is 10.2 Å². The van der Waals surface area contributed by atoms with Gasteiger partial charge in [-0.3, -0.25) is 0 Å². The highest BCUT2D eigenvalue weighted by Gasteiger charge is 2.15. The molecular weight excluding hydrogens is 238 g/mol. The monoisotopic (exact) mass is 257 g/mol. The molecule has 0 saturated carbocycles. The molecule has 0 bridgehead atoms. The van der Waals surface area contributed by atoms with Crippen LogP contribution in [0.25, 0.3) is 0 Å². The Hall–Kier alpha value is -1.84. The van der Waals surface area contributed by atoms with Crippen molar-refractivity contribution < 1.29 is 10.2 Å². The van der Waals surface area contributed by atoms with Crippen LogP contribution < -0.4 is 5.32 Å². The van der Waals surface area contributed by atoms with Gasteiger partial charge in [0.2, 0.25) is 0 Å². The number of aliphatic hydroxyl groups excluding tert-OH is 2. The molecule has 19 heavy (non-hydrogen) atoms. The van der Waals surface area contributed by atoms with Gasteiger partial charge in [0.15, 0.2) is 0 Å². The SMILES string of the molecule is OC[C@@H](C[C@H](O)c1ccccc1)Nc1ccccc1. The second-order valence-electron chi connectivity index (χ2n) is 4.55. The third-order valence-corrected chi connectivity index (χ3v) is 3.06. The molecule has 2 rings (SSSR count). The van der Waals surface area contributed by atoms with Crippen LogP contribution in [0.3, 0.4) is 0 Å². The van der Waals surface area contributed by atoms with Gasteiger partial charge in [-0.05, 0) is 24.1 Å². The maximum absolute atomic E-state index is 10.1. The largest absolute Gasteiger partial charge is 0.394 e. The third-order valence-electron chi connectivity index (χ3n) is 3.06. The molecule has 0 aliphatic carbocycles. The lowest BCUT2D eigenvalue weighted by molar-refractivity contribution is 0.144. The number of aliphatic hydroxyl groups is 2. The molecule has 0 radical (unpaired) electrons. The molecule has 2 atom stereocenters. The molecule has 3 nitrogen and oxygen atoms in total. The highest BCUT2D eigenvalue weighted by atomic mass is 16.3. The Balaban J connectivity index is 1.96. The predicted molar refractivity (Wildman–Crippen MR) is 77.0 cm³/mol. The van der Waals surface area contributed by atoms with Gasteiger partial charge >= 0.3 is 0 Å². The smallest absolute Gasteiger partial charge is 0.0810 e. The number of para-hydroxylation sites is 1. The summed E-state index contributed by atoms with van der Waals surface area (Å²) in [6, 6.07) is 19.0. The first-order chi connectivity index (χ1) is 9.29. The maximum Gasteiger partial charge on any atom is 0.0810 e. The Kier molecular flexibility index (Phi) is 4.95. The van der Waals surface area contributed by atoms with Crippen LogP contribution in [-0.4, -0.2) is 22.9 Å². The Morgan fingerprint density at radius 1 is 0.895 bits per heavy atom. The van der Waals surface area contributed by atoms with E-state index in [1.165, 1.54) is 0 Å². The Bertz CT molecular complexity index is 473. The summed E-state index contributed by atoms with van der Waals surface area (Å²) in [6.45, 7) is -0.0151. The zero-order chi connectivity index (χ0) is 13.5. The van der Waals surface area contributed by atoms with Crippen molar-refractivity contribution in [1.29, 1.82) is 0 Å². The van der Waals surface area contributed by atoms with Gasteiger partial charge in [0.25, 0.3) is 0 Å². The number of hydrogen-bond acceptors (Lipinski definition) is 3. The number of rotatable bonds is 6. The topological polar surface area (TPSA) is 52.5 Å². The van der Waals surface area contributed by atoms with Crippen molar-refractivity contribution in [1.82, 2.24) is 0 Å². The van der Waals surface area contributed by atoms with Gasteiger partial charge in [-0.2, -0.15) is 0 Å². The van der Waals surface area contributed by atoms with Crippen LogP contribution in [-0.2, 0) is 0 Å². The lowest BCUT2D eigenvalue weighted by Gasteiger charge is -2.21. The maximum atomic E-state index is 10.1. The Morgan fingerprint density at radius 2 is 1.47 bits per heavy atom. The zero-order valence-corrected chi connectivity index (χ0v) is 10.7. The summed E-state index contributed by atoms with van der Waals surface area (Å²) in [6.07, 6.45) is -0.107. The van der Waals surface area contributed by atoms with Crippen LogP contribution in [0.15, 0.2) is 60.7 Å². The third kappa shape index (κ3) is 4.09. The summed E-state index contributed by atoms with van der Waals surface area (Å²) in [5.41, 5.74) is 1.82. The van der Waals surface area contributed by atoms with Crippen molar-refractivity contribution in [3.63, 3.8) is 0 Å². The van der Waals surface area contributed by atoms with Gasteiger partial charge in [0.1, 0.15) is 0 Å². The lowest BCUT2D eigenvalue weighted by Crippen LogP contribution is -2.26. The summed E-state index contributed by atoms with van der Waals surface area (Å²) in [4.78, 5) is 0. The Labute approximate surface area is 113 Å². The fourth-order valence-electron chi connectivity index (χ4n) is 2.03. The van der Waals surface area contributed by atoms with Gasteiger partial charge in [0, 0.05) is 5.69 Å². The fourth-order valence-corrected chi connectivity index (χ4v) is 2.03. The lowest BCUT2D eigenvalue weighted by atomic mass is 10.0. The van der Waals surface area contributed by atoms with E-state index in [0.717, 1.165) is 11.3 Å². The molecular formula is C16H19NO2. The van der Waals surface area contributed by atoms with Crippen molar-refractivity contribution in [3.05, 3.63) is 66.2 Å². The van der Waals surface area contributed by atoms with Crippen molar-refractivity contribution in [2.24, 2.45) is 0 Å². The van der Waals surface area contributed by atoms with E-state index in [-0.39, 0.29) is 12.6 Å². The minimum atomic E-state index is -0.574. The van der Waals surface area contributed by atoms with Crippen LogP contribution in [0.5, 0.6) is 0 Å². The summed E-state index contributed by atoms with van der Waals surface area (Å²) >= 11 is 0. The predicted octanol–water partition coefficient (Wildman–Crippen LogP) is 2.58. The minimum absolute atomic E-state index is 0.0151. The van der Waals surface area contributed by atoms with Gasteiger partial charge < -0.3 is 15.5 Å². The molecule has 2 aromatic carbocycles. The van der Waals surface area contributed by atoms with E-state index in [1.54, 1.807) is 0 Å². The molecule has 3 heteroatoms. The van der Waals surface area contributed by atoms with Crippen LogP contribution in [0.2, 0.25) is 0 Å². The Morgan fingerprint density at radius 3 is 2.05 bits per heavy atom. The molecule has 0 amide bonds. The second-order valence-corrected chi connectivity index (χ2v) is 4.55. The fraction of sp³-hybridized carbons (Fsp3) is 0.250. The van der Waals surface area contributed by atoms with Gasteiger partial charge in [0.05, 0.1) is 18.8 Å². The summed E-state index contributed by atoms with van der Waals surface area (Å²) in [5.74, 6) is 0. The minimum Gasteiger partial charge on any atom is -0.394 e. The number of hydrogen-bond donors (Lipinski definition) is 3. The van der Waals surface area contributed by atoms with Crippen molar-refractivity contribution in [3.8, 4) is 0 Å². The number of anilines is 1. The quantitative estimate of drug-likeness (QED) is 0.745. The van der Waals surface area contributed by atoms with E-state index in [1.807, 2.05) is 60.7 Å². The average molecular weight is 257 g/mol. The van der Waals surface area contributed by atoms with Crippen molar-refractivity contribution >= 4 is 5.69 Å². The van der Waals surface area contributed by atoms with E-state index in [0.29, 0.717) is 6.42 Å². The highest BCUT2D eigenvalue weighted by molar-refractivity contribution is 5.43. The molecule has 3 N–H and O–H groups in total. The zero-order valence-electron chi connectivity index (χ0n) is 10.7. The van der Waals surface area contributed by atoms with E-state index < -0.39 is 6.10 Å². The van der Waals surface area contributed by atoms with E-state index >= 15 is 0 Å². The first-order valence-corrected chi connectivity index (χ1v) is 6.45. The molecule has 0 aromatic heterocycles. The van der Waals surface area contributed by atoms with Gasteiger partial charge in [-0.1, -0.05) is 48.5 Å². The molecule has 0 heterocycles. The van der Waals surface area contributed by atoms with Crippen LogP contribution in [0.4, 0.5) is 5.69 Å². The van der Waals surface area contributed by atoms with Gasteiger partial charge in [-0.25, -0.2) is 0 Å². The summed E-state index contributed by atoms with van der Waals surface area (Å²) in [5, 5.41) is 22.8. The second kappa shape index (κ2) is 6.92. The molecule has 0 fully saturated rings. The molecule has 0 spiro atoms. The molecule has 0 saturated heterocycles. The van der Waals surface area contributed by atoms with Crippen molar-refractivity contribution in [2.45, 2.75) is 18.6 Å².